The molecule has 0 bridgehead atoms. The minimum atomic E-state index is -0.0895. The van der Waals surface area contributed by atoms with E-state index in [0.29, 0.717) is 5.82 Å². The van der Waals surface area contributed by atoms with E-state index in [0.717, 1.165) is 32.7 Å². The number of aromatic nitrogens is 2. The van der Waals surface area contributed by atoms with Crippen LogP contribution in [0.1, 0.15) is 6.42 Å². The van der Waals surface area contributed by atoms with Crippen molar-refractivity contribution in [3.63, 3.8) is 0 Å². The highest BCUT2D eigenvalue weighted by molar-refractivity contribution is 7.98. The van der Waals surface area contributed by atoms with Gasteiger partial charge in [-0.2, -0.15) is 11.8 Å². The molecule has 18 heavy (non-hydrogen) atoms. The number of piperazine rings is 1. The van der Waals surface area contributed by atoms with Gasteiger partial charge in [0.2, 0.25) is 0 Å². The van der Waals surface area contributed by atoms with E-state index < -0.39 is 0 Å². The van der Waals surface area contributed by atoms with Gasteiger partial charge in [-0.1, -0.05) is 0 Å². The van der Waals surface area contributed by atoms with E-state index in [1.54, 1.807) is 12.4 Å². The molecule has 0 saturated carbocycles. The summed E-state index contributed by atoms with van der Waals surface area (Å²) < 4.78 is 0. The van der Waals surface area contributed by atoms with Gasteiger partial charge in [-0.3, -0.25) is 9.69 Å². The fourth-order valence-corrected chi connectivity index (χ4v) is 2.60. The SMILES string of the molecule is CSCCCN1CCN(c2ncc[nH]c2=O)CC1. The van der Waals surface area contributed by atoms with Crippen LogP contribution in [0.15, 0.2) is 17.2 Å². The van der Waals surface area contributed by atoms with Crippen molar-refractivity contribution in [2.24, 2.45) is 0 Å². The van der Waals surface area contributed by atoms with E-state index in [1.807, 2.05) is 11.8 Å². The standard InChI is InChI=1S/C12H20N4OS/c1-18-10-2-5-15-6-8-16(9-7-15)11-12(17)14-4-3-13-11/h3-4H,2,5-10H2,1H3,(H,14,17). The van der Waals surface area contributed by atoms with Gasteiger partial charge in [0.25, 0.3) is 5.56 Å². The second kappa shape index (κ2) is 6.80. The lowest BCUT2D eigenvalue weighted by atomic mass is 10.3. The van der Waals surface area contributed by atoms with Gasteiger partial charge in [0.1, 0.15) is 0 Å². The second-order valence-corrected chi connectivity index (χ2v) is 5.40. The largest absolute Gasteiger partial charge is 0.349 e. The molecule has 1 aliphatic heterocycles. The molecule has 0 aliphatic carbocycles. The van der Waals surface area contributed by atoms with Crippen LogP contribution in [0.5, 0.6) is 0 Å². The highest BCUT2D eigenvalue weighted by Crippen LogP contribution is 2.08. The molecule has 0 amide bonds. The molecule has 6 heteroatoms. The molecular formula is C12H20N4OS. The van der Waals surface area contributed by atoms with Crippen molar-refractivity contribution < 1.29 is 0 Å². The first-order chi connectivity index (χ1) is 8.81. The van der Waals surface area contributed by atoms with Gasteiger partial charge in [-0.15, -0.1) is 0 Å². The number of H-pyrrole nitrogens is 1. The molecule has 5 nitrogen and oxygen atoms in total. The number of anilines is 1. The maximum Gasteiger partial charge on any atom is 0.290 e. The molecule has 100 valence electrons. The number of aromatic amines is 1. The van der Waals surface area contributed by atoms with Crippen LogP contribution in [0.2, 0.25) is 0 Å². The Morgan fingerprint density at radius 2 is 2.17 bits per heavy atom. The fourth-order valence-electron chi connectivity index (χ4n) is 2.19. The van der Waals surface area contributed by atoms with E-state index in [2.05, 4.69) is 26.0 Å². The zero-order valence-electron chi connectivity index (χ0n) is 10.8. The maximum absolute atomic E-state index is 11.6. The second-order valence-electron chi connectivity index (χ2n) is 4.42. The molecule has 0 spiro atoms. The summed E-state index contributed by atoms with van der Waals surface area (Å²) in [6.45, 7) is 4.97. The monoisotopic (exact) mass is 268 g/mol. The lowest BCUT2D eigenvalue weighted by molar-refractivity contribution is 0.258. The maximum atomic E-state index is 11.6. The van der Waals surface area contributed by atoms with Crippen molar-refractivity contribution in [2.45, 2.75) is 6.42 Å². The van der Waals surface area contributed by atoms with E-state index in [4.69, 9.17) is 0 Å². The Bertz CT molecular complexity index is 415. The predicted molar refractivity (Wildman–Crippen MR) is 76.5 cm³/mol. The summed E-state index contributed by atoms with van der Waals surface area (Å²) in [7, 11) is 0. The van der Waals surface area contributed by atoms with Gasteiger partial charge in [-0.25, -0.2) is 4.98 Å². The molecule has 2 rings (SSSR count). The van der Waals surface area contributed by atoms with Crippen molar-refractivity contribution in [2.75, 3.05) is 49.6 Å². The summed E-state index contributed by atoms with van der Waals surface area (Å²) in [5.74, 6) is 1.78. The Labute approximate surface area is 112 Å². The molecule has 1 aromatic heterocycles. The number of nitrogens with zero attached hydrogens (tertiary/aromatic N) is 3. The van der Waals surface area contributed by atoms with Crippen molar-refractivity contribution in [1.82, 2.24) is 14.9 Å². The van der Waals surface area contributed by atoms with E-state index >= 15 is 0 Å². The molecule has 1 aliphatic rings. The molecule has 1 aromatic rings. The molecule has 0 radical (unpaired) electrons. The Morgan fingerprint density at radius 1 is 1.39 bits per heavy atom. The van der Waals surface area contributed by atoms with Crippen LogP contribution in [0.4, 0.5) is 5.82 Å². The van der Waals surface area contributed by atoms with Gasteiger partial charge in [0.05, 0.1) is 0 Å². The number of hydrogen-bond acceptors (Lipinski definition) is 5. The first kappa shape index (κ1) is 13.4. The summed E-state index contributed by atoms with van der Waals surface area (Å²) in [4.78, 5) is 23.0. The minimum Gasteiger partial charge on any atom is -0.349 e. The predicted octanol–water partition coefficient (Wildman–Crippen LogP) is 0.645. The molecule has 1 saturated heterocycles. The molecule has 0 aromatic carbocycles. The van der Waals surface area contributed by atoms with Crippen LogP contribution in [-0.4, -0.2) is 59.6 Å². The molecular weight excluding hydrogens is 248 g/mol. The Kier molecular flexibility index (Phi) is 5.07. The topological polar surface area (TPSA) is 52.2 Å². The first-order valence-corrected chi connectivity index (χ1v) is 7.70. The quantitative estimate of drug-likeness (QED) is 0.795. The Morgan fingerprint density at radius 3 is 2.83 bits per heavy atom. The summed E-state index contributed by atoms with van der Waals surface area (Å²) >= 11 is 1.90. The summed E-state index contributed by atoms with van der Waals surface area (Å²) in [5, 5.41) is 0. The summed E-state index contributed by atoms with van der Waals surface area (Å²) in [6.07, 6.45) is 6.60. The molecule has 1 N–H and O–H groups in total. The van der Waals surface area contributed by atoms with Crippen molar-refractivity contribution in [3.05, 3.63) is 22.7 Å². The first-order valence-electron chi connectivity index (χ1n) is 6.31. The molecule has 2 heterocycles. The van der Waals surface area contributed by atoms with Crippen molar-refractivity contribution in [1.29, 1.82) is 0 Å². The van der Waals surface area contributed by atoms with Crippen LogP contribution in [0.3, 0.4) is 0 Å². The van der Waals surface area contributed by atoms with Gasteiger partial charge in [-0.05, 0) is 25.0 Å². The lowest BCUT2D eigenvalue weighted by Crippen LogP contribution is -2.48. The Hall–Kier alpha value is -1.01. The van der Waals surface area contributed by atoms with Crippen LogP contribution in [0.25, 0.3) is 0 Å². The minimum absolute atomic E-state index is 0.0895. The number of thioether (sulfide) groups is 1. The van der Waals surface area contributed by atoms with Crippen LogP contribution in [0, 0.1) is 0 Å². The van der Waals surface area contributed by atoms with Crippen LogP contribution >= 0.6 is 11.8 Å². The van der Waals surface area contributed by atoms with Crippen molar-refractivity contribution in [3.8, 4) is 0 Å². The van der Waals surface area contributed by atoms with Gasteiger partial charge in [0, 0.05) is 38.6 Å². The van der Waals surface area contributed by atoms with E-state index in [9.17, 15) is 4.79 Å². The third-order valence-electron chi connectivity index (χ3n) is 3.18. The smallest absolute Gasteiger partial charge is 0.290 e. The van der Waals surface area contributed by atoms with Gasteiger partial charge >= 0.3 is 0 Å². The average Bonchev–Trinajstić information content (AvgIpc) is 2.41. The zero-order valence-corrected chi connectivity index (χ0v) is 11.6. The third-order valence-corrected chi connectivity index (χ3v) is 3.88. The van der Waals surface area contributed by atoms with E-state index in [1.165, 1.54) is 12.2 Å². The average molecular weight is 268 g/mol. The summed E-state index contributed by atoms with van der Waals surface area (Å²) in [6, 6.07) is 0. The Balaban J connectivity index is 1.83. The zero-order chi connectivity index (χ0) is 12.8. The highest BCUT2D eigenvalue weighted by atomic mass is 32.2. The van der Waals surface area contributed by atoms with E-state index in [-0.39, 0.29) is 5.56 Å². The number of rotatable bonds is 5. The number of hydrogen-bond donors (Lipinski definition) is 1. The summed E-state index contributed by atoms with van der Waals surface area (Å²) in [5.41, 5.74) is -0.0895. The highest BCUT2D eigenvalue weighted by Gasteiger charge is 2.19. The number of nitrogens with one attached hydrogen (secondary N) is 1. The molecule has 1 fully saturated rings. The van der Waals surface area contributed by atoms with Crippen LogP contribution < -0.4 is 10.5 Å². The normalized spacial score (nSPS) is 17.1. The third kappa shape index (κ3) is 3.49. The van der Waals surface area contributed by atoms with Crippen molar-refractivity contribution >= 4 is 17.6 Å². The van der Waals surface area contributed by atoms with Crippen LogP contribution in [-0.2, 0) is 0 Å². The lowest BCUT2D eigenvalue weighted by Gasteiger charge is -2.34. The molecule has 0 atom stereocenters. The molecule has 0 unspecified atom stereocenters. The fraction of sp³-hybridized carbons (Fsp3) is 0.667. The van der Waals surface area contributed by atoms with Gasteiger partial charge in [0.15, 0.2) is 5.82 Å². The van der Waals surface area contributed by atoms with Gasteiger partial charge < -0.3 is 9.88 Å².